The Bertz CT molecular complexity index is 1410. The van der Waals surface area contributed by atoms with Crippen molar-refractivity contribution in [2.24, 2.45) is 0 Å². The normalized spacial score (nSPS) is 11.7. The Morgan fingerprint density at radius 2 is 1.81 bits per heavy atom. The third-order valence-electron chi connectivity index (χ3n) is 4.86. The molecule has 9 heteroatoms. The number of aromatic nitrogens is 5. The van der Waals surface area contributed by atoms with Gasteiger partial charge in [-0.3, -0.25) is 0 Å². The number of thioether (sulfide) groups is 1. The average Bonchev–Trinajstić information content (AvgIpc) is 3.44. The van der Waals surface area contributed by atoms with Crippen LogP contribution in [0.15, 0.2) is 59.3 Å². The van der Waals surface area contributed by atoms with E-state index < -0.39 is 0 Å². The van der Waals surface area contributed by atoms with Gasteiger partial charge in [0.05, 0.1) is 15.6 Å². The van der Waals surface area contributed by atoms with Crippen LogP contribution in [0.5, 0.6) is 0 Å². The molecule has 0 fully saturated rings. The fraction of sp³-hybridized carbons (Fsp3) is 0.174. The minimum atomic E-state index is 0.433. The molecular weight excluding hydrogens is 481 g/mol. The molecule has 0 unspecified atom stereocenters. The van der Waals surface area contributed by atoms with E-state index in [9.17, 15) is 0 Å². The van der Waals surface area contributed by atoms with Crippen LogP contribution in [0, 0.1) is 6.92 Å². The Morgan fingerprint density at radius 1 is 1.03 bits per heavy atom. The van der Waals surface area contributed by atoms with Gasteiger partial charge >= 0.3 is 0 Å². The Labute approximate surface area is 204 Å². The summed E-state index contributed by atoms with van der Waals surface area (Å²) in [7, 11) is 0. The van der Waals surface area contributed by atoms with Crippen molar-refractivity contribution in [3.05, 3.63) is 70.9 Å². The summed E-state index contributed by atoms with van der Waals surface area (Å²) in [6.45, 7) is 6.35. The number of nitrogens with zero attached hydrogens (tertiary/aromatic N) is 5. The Kier molecular flexibility index (Phi) is 5.75. The minimum absolute atomic E-state index is 0.433. The number of hydrogen-bond acceptors (Lipinski definition) is 5. The fourth-order valence-corrected chi connectivity index (χ4v) is 6.45. The van der Waals surface area contributed by atoms with E-state index in [0.29, 0.717) is 15.3 Å². The highest BCUT2D eigenvalue weighted by atomic mass is 35.5. The third-order valence-corrected chi connectivity index (χ3v) is 7.55. The number of rotatable bonds is 5. The molecule has 5 aromatic rings. The summed E-state index contributed by atoms with van der Waals surface area (Å²) in [6, 6.07) is 9.60. The quantitative estimate of drug-likeness (QED) is 0.236. The zero-order valence-electron chi connectivity index (χ0n) is 17.6. The fourth-order valence-electron chi connectivity index (χ4n) is 3.48. The van der Waals surface area contributed by atoms with Crippen LogP contribution in [-0.4, -0.2) is 29.4 Å². The molecule has 4 heterocycles. The first kappa shape index (κ1) is 21.5. The first-order valence-corrected chi connectivity index (χ1v) is 12.5. The molecule has 5 nitrogen and oxygen atoms in total. The maximum Gasteiger partial charge on any atom is 0.211 e. The van der Waals surface area contributed by atoms with Crippen molar-refractivity contribution in [3.8, 4) is 27.5 Å². The standard InChI is InChI=1S/C23H19Cl2N5S2/c1-13(2)31-22-21(15-4-5-20-26-6-7-29(20)11-15)27-23(32-22)30-12-19(14(3)28-30)16-8-17(24)10-18(25)9-16/h4-13H,1-3H3. The van der Waals surface area contributed by atoms with E-state index >= 15 is 0 Å². The molecule has 0 spiro atoms. The molecule has 0 N–H and O–H groups in total. The zero-order chi connectivity index (χ0) is 22.4. The molecule has 0 radical (unpaired) electrons. The second-order valence-electron chi connectivity index (χ2n) is 7.64. The lowest BCUT2D eigenvalue weighted by atomic mass is 10.1. The second-order valence-corrected chi connectivity index (χ2v) is 11.3. The number of halogens is 2. The maximum absolute atomic E-state index is 6.22. The lowest BCUT2D eigenvalue weighted by Gasteiger charge is -2.05. The first-order valence-electron chi connectivity index (χ1n) is 10.0. The van der Waals surface area contributed by atoms with E-state index in [2.05, 4.69) is 31.1 Å². The van der Waals surface area contributed by atoms with Crippen molar-refractivity contribution >= 4 is 51.9 Å². The van der Waals surface area contributed by atoms with Gasteiger partial charge in [0, 0.05) is 51.2 Å². The largest absolute Gasteiger partial charge is 0.306 e. The molecule has 0 aliphatic carbocycles. The van der Waals surface area contributed by atoms with Crippen LogP contribution < -0.4 is 0 Å². The highest BCUT2D eigenvalue weighted by Crippen LogP contribution is 2.40. The van der Waals surface area contributed by atoms with E-state index in [1.165, 1.54) is 0 Å². The topological polar surface area (TPSA) is 48.0 Å². The second kappa shape index (κ2) is 8.56. The summed E-state index contributed by atoms with van der Waals surface area (Å²) in [4.78, 5) is 9.33. The molecule has 0 aliphatic rings. The molecule has 162 valence electrons. The number of hydrogen-bond donors (Lipinski definition) is 0. The van der Waals surface area contributed by atoms with Gasteiger partial charge in [0.1, 0.15) is 5.65 Å². The first-order chi connectivity index (χ1) is 15.4. The van der Waals surface area contributed by atoms with Crippen molar-refractivity contribution in [1.82, 2.24) is 24.1 Å². The van der Waals surface area contributed by atoms with Crippen LogP contribution in [0.25, 0.3) is 33.2 Å². The van der Waals surface area contributed by atoms with Gasteiger partial charge in [-0.25, -0.2) is 14.6 Å². The van der Waals surface area contributed by atoms with Gasteiger partial charge < -0.3 is 4.40 Å². The SMILES string of the molecule is Cc1nn(-c2nc(-c3ccc4nccn4c3)c(SC(C)C)s2)cc1-c1cc(Cl)cc(Cl)c1. The molecule has 0 saturated carbocycles. The van der Waals surface area contributed by atoms with Crippen LogP contribution in [0.2, 0.25) is 10.0 Å². The molecule has 0 aliphatic heterocycles. The lowest BCUT2D eigenvalue weighted by molar-refractivity contribution is 0.853. The summed E-state index contributed by atoms with van der Waals surface area (Å²) in [6.07, 6.45) is 7.80. The zero-order valence-corrected chi connectivity index (χ0v) is 20.7. The maximum atomic E-state index is 6.22. The van der Waals surface area contributed by atoms with Crippen LogP contribution in [-0.2, 0) is 0 Å². The van der Waals surface area contributed by atoms with E-state index in [1.54, 1.807) is 23.6 Å². The monoisotopic (exact) mass is 499 g/mol. The molecule has 0 saturated heterocycles. The van der Waals surface area contributed by atoms with Gasteiger partial charge in [-0.05, 0) is 42.8 Å². The predicted molar refractivity (Wildman–Crippen MR) is 135 cm³/mol. The molecule has 4 aromatic heterocycles. The molecule has 1 aromatic carbocycles. The van der Waals surface area contributed by atoms with Gasteiger partial charge in [0.2, 0.25) is 5.13 Å². The van der Waals surface area contributed by atoms with Gasteiger partial charge in [-0.2, -0.15) is 5.10 Å². The van der Waals surface area contributed by atoms with Crippen molar-refractivity contribution in [1.29, 1.82) is 0 Å². The summed E-state index contributed by atoms with van der Waals surface area (Å²) >= 11 is 15.9. The number of benzene rings is 1. The van der Waals surface area contributed by atoms with Crippen LogP contribution >= 0.6 is 46.3 Å². The molecular formula is C23H19Cl2N5S2. The Morgan fingerprint density at radius 3 is 2.56 bits per heavy atom. The van der Waals surface area contributed by atoms with Crippen LogP contribution in [0.3, 0.4) is 0 Å². The highest BCUT2D eigenvalue weighted by molar-refractivity contribution is 8.01. The molecule has 0 bridgehead atoms. The Hall–Kier alpha value is -2.32. The van der Waals surface area contributed by atoms with Crippen molar-refractivity contribution in [3.63, 3.8) is 0 Å². The van der Waals surface area contributed by atoms with Crippen molar-refractivity contribution in [2.75, 3.05) is 0 Å². The lowest BCUT2D eigenvalue weighted by Crippen LogP contribution is -1.94. The molecule has 5 rings (SSSR count). The van der Waals surface area contributed by atoms with Gasteiger partial charge in [0.15, 0.2) is 0 Å². The molecule has 32 heavy (non-hydrogen) atoms. The van der Waals surface area contributed by atoms with Gasteiger partial charge in [-0.15, -0.1) is 11.8 Å². The molecule has 0 amide bonds. The van der Waals surface area contributed by atoms with Gasteiger partial charge in [0.25, 0.3) is 0 Å². The number of aryl methyl sites for hydroxylation is 1. The number of fused-ring (bicyclic) bond motifs is 1. The third kappa shape index (κ3) is 4.18. The summed E-state index contributed by atoms with van der Waals surface area (Å²) in [5.41, 5.74) is 5.72. The number of pyridine rings is 1. The van der Waals surface area contributed by atoms with E-state index in [4.69, 9.17) is 33.3 Å². The van der Waals surface area contributed by atoms with Crippen LogP contribution in [0.4, 0.5) is 0 Å². The van der Waals surface area contributed by atoms with Crippen molar-refractivity contribution in [2.45, 2.75) is 30.2 Å². The number of imidazole rings is 1. The summed E-state index contributed by atoms with van der Waals surface area (Å²) < 4.78 is 5.01. The van der Waals surface area contributed by atoms with E-state index in [-0.39, 0.29) is 0 Å². The summed E-state index contributed by atoms with van der Waals surface area (Å²) in [5, 5.41) is 7.19. The van der Waals surface area contributed by atoms with Crippen LogP contribution in [0.1, 0.15) is 19.5 Å². The number of thiazole rings is 1. The molecule has 0 atom stereocenters. The van der Waals surface area contributed by atoms with Gasteiger partial charge in [-0.1, -0.05) is 48.4 Å². The smallest absolute Gasteiger partial charge is 0.211 e. The Balaban J connectivity index is 1.60. The van der Waals surface area contributed by atoms with E-state index in [0.717, 1.165) is 43.1 Å². The predicted octanol–water partition coefficient (Wildman–Crippen LogP) is 7.43. The average molecular weight is 500 g/mol. The highest BCUT2D eigenvalue weighted by Gasteiger charge is 2.19. The van der Waals surface area contributed by atoms with Crippen molar-refractivity contribution < 1.29 is 0 Å². The summed E-state index contributed by atoms with van der Waals surface area (Å²) in [5.74, 6) is 0. The minimum Gasteiger partial charge on any atom is -0.306 e. The van der Waals surface area contributed by atoms with E-state index in [1.807, 2.05) is 58.4 Å².